The van der Waals surface area contributed by atoms with Gasteiger partial charge in [-0.3, -0.25) is 0 Å². The third-order valence-electron chi connectivity index (χ3n) is 12.5. The van der Waals surface area contributed by atoms with Crippen molar-refractivity contribution < 1.29 is 0 Å². The number of fused-ring (bicyclic) bond motifs is 5. The first-order chi connectivity index (χ1) is 29.6. The van der Waals surface area contributed by atoms with Crippen molar-refractivity contribution >= 4 is 60.2 Å². The van der Waals surface area contributed by atoms with E-state index < -0.39 is 0 Å². The Morgan fingerprint density at radius 2 is 0.656 bits per heavy atom. The van der Waals surface area contributed by atoms with E-state index in [2.05, 4.69) is 247 Å². The van der Waals surface area contributed by atoms with E-state index in [1.165, 1.54) is 93.3 Å². The Kier molecular flexibility index (Phi) is 9.37. The predicted molar refractivity (Wildman–Crippen MR) is 265 cm³/mol. The molecule has 10 aromatic carbocycles. The fraction of sp³-hybridized carbons (Fsp3) is 0.133. The molecule has 0 spiro atoms. The molecule has 0 radical (unpaired) electrons. The fourth-order valence-corrected chi connectivity index (χ4v) is 9.43. The van der Waals surface area contributed by atoms with Crippen molar-refractivity contribution in [1.82, 2.24) is 0 Å². The molecule has 0 aliphatic heterocycles. The molecule has 1 heteroatoms. The lowest BCUT2D eigenvalue weighted by Crippen LogP contribution is -2.12. The Bertz CT molecular complexity index is 3200. The van der Waals surface area contributed by atoms with Crippen LogP contribution < -0.4 is 4.90 Å². The summed E-state index contributed by atoms with van der Waals surface area (Å²) in [6.07, 6.45) is 0. The van der Waals surface area contributed by atoms with Gasteiger partial charge < -0.3 is 4.90 Å². The second-order valence-corrected chi connectivity index (χ2v) is 18.5. The summed E-state index contributed by atoms with van der Waals surface area (Å²) in [7, 11) is 0. The zero-order valence-corrected chi connectivity index (χ0v) is 36.0. The zero-order valence-electron chi connectivity index (χ0n) is 36.0. The van der Waals surface area contributed by atoms with E-state index in [9.17, 15) is 0 Å². The highest BCUT2D eigenvalue weighted by Crippen LogP contribution is 2.52. The molecule has 0 bridgehead atoms. The van der Waals surface area contributed by atoms with Gasteiger partial charge in [0, 0.05) is 22.3 Å². The van der Waals surface area contributed by atoms with Crippen molar-refractivity contribution in [3.05, 3.63) is 211 Å². The van der Waals surface area contributed by atoms with Crippen LogP contribution in [-0.2, 0) is 10.8 Å². The largest absolute Gasteiger partial charge is 0.309 e. The molecule has 10 aromatic rings. The van der Waals surface area contributed by atoms with Gasteiger partial charge in [0.05, 0.1) is 5.69 Å². The van der Waals surface area contributed by atoms with Crippen LogP contribution in [0.4, 0.5) is 17.1 Å². The van der Waals surface area contributed by atoms with Gasteiger partial charge in [-0.15, -0.1) is 0 Å². The van der Waals surface area contributed by atoms with Crippen LogP contribution in [0, 0.1) is 0 Å². The number of para-hydroxylation sites is 2. The van der Waals surface area contributed by atoms with E-state index in [4.69, 9.17) is 0 Å². The summed E-state index contributed by atoms with van der Waals surface area (Å²) in [4.78, 5) is 2.46. The Morgan fingerprint density at radius 1 is 0.279 bits per heavy atom. The van der Waals surface area contributed by atoms with E-state index in [0.29, 0.717) is 0 Å². The minimum absolute atomic E-state index is 0.00220. The molecule has 0 saturated heterocycles. The third kappa shape index (κ3) is 6.75. The van der Waals surface area contributed by atoms with Crippen LogP contribution in [0.1, 0.15) is 52.7 Å². The number of hydrogen-bond donors (Lipinski definition) is 0. The van der Waals surface area contributed by atoms with Crippen molar-refractivity contribution in [2.75, 3.05) is 4.90 Å². The number of benzene rings is 10. The molecule has 0 aliphatic carbocycles. The Hall–Kier alpha value is -6.96. The quantitative estimate of drug-likeness (QED) is 0.120. The van der Waals surface area contributed by atoms with Gasteiger partial charge in [0.2, 0.25) is 0 Å². The van der Waals surface area contributed by atoms with Gasteiger partial charge in [-0.05, 0) is 124 Å². The molecule has 0 saturated carbocycles. The van der Waals surface area contributed by atoms with E-state index in [1.807, 2.05) is 0 Å². The summed E-state index contributed by atoms with van der Waals surface area (Å²) in [5.74, 6) is 0. The molecule has 0 N–H and O–H groups in total. The van der Waals surface area contributed by atoms with Crippen LogP contribution in [0.3, 0.4) is 0 Å². The Morgan fingerprint density at radius 3 is 1.13 bits per heavy atom. The summed E-state index contributed by atoms with van der Waals surface area (Å²) >= 11 is 0. The fourth-order valence-electron chi connectivity index (χ4n) is 9.43. The molecular formula is C60H51N. The van der Waals surface area contributed by atoms with Gasteiger partial charge in [0.15, 0.2) is 0 Å². The van der Waals surface area contributed by atoms with Crippen LogP contribution in [-0.4, -0.2) is 0 Å². The van der Waals surface area contributed by atoms with Gasteiger partial charge >= 0.3 is 0 Å². The van der Waals surface area contributed by atoms with Gasteiger partial charge in [-0.1, -0.05) is 205 Å². The molecule has 296 valence electrons. The van der Waals surface area contributed by atoms with Gasteiger partial charge in [-0.2, -0.15) is 0 Å². The summed E-state index contributed by atoms with van der Waals surface area (Å²) < 4.78 is 0. The van der Waals surface area contributed by atoms with Gasteiger partial charge in [0.1, 0.15) is 0 Å². The average molecular weight is 786 g/mol. The standard InChI is InChI=1S/C60H51N/c1-59(2,3)43-26-20-24-41(36-43)55-48-33-17-18-34-49(48)56(42-25-21-27-44(37-42)60(4,5)6)54-39-52-51(38-53(54)55)47-32-16-19-35-50(47)58(57(52)40-22-10-7-11-23-40)61(45-28-12-8-13-29-45)46-30-14-9-15-31-46/h7-39H,1-6H3. The highest BCUT2D eigenvalue weighted by molar-refractivity contribution is 6.29. The van der Waals surface area contributed by atoms with Gasteiger partial charge in [0.25, 0.3) is 0 Å². The predicted octanol–water partition coefficient (Wildman–Crippen LogP) is 17.4. The number of rotatable bonds is 6. The molecule has 10 rings (SSSR count). The maximum absolute atomic E-state index is 2.54. The summed E-state index contributed by atoms with van der Waals surface area (Å²) in [5.41, 5.74) is 13.5. The van der Waals surface area contributed by atoms with Crippen molar-refractivity contribution in [2.24, 2.45) is 0 Å². The summed E-state index contributed by atoms with van der Waals surface area (Å²) in [5, 5.41) is 9.92. The first kappa shape index (κ1) is 38.3. The van der Waals surface area contributed by atoms with Gasteiger partial charge in [-0.25, -0.2) is 0 Å². The molecule has 0 fully saturated rings. The topological polar surface area (TPSA) is 3.24 Å². The van der Waals surface area contributed by atoms with Crippen LogP contribution in [0.15, 0.2) is 200 Å². The molecule has 0 aliphatic rings. The molecule has 0 amide bonds. The molecule has 0 aromatic heterocycles. The van der Waals surface area contributed by atoms with E-state index in [1.54, 1.807) is 0 Å². The molecule has 61 heavy (non-hydrogen) atoms. The lowest BCUT2D eigenvalue weighted by Gasteiger charge is -2.31. The van der Waals surface area contributed by atoms with Crippen molar-refractivity contribution in [3.63, 3.8) is 0 Å². The highest BCUT2D eigenvalue weighted by Gasteiger charge is 2.26. The average Bonchev–Trinajstić information content (AvgIpc) is 3.28. The lowest BCUT2D eigenvalue weighted by molar-refractivity contribution is 0.590. The molecule has 0 unspecified atom stereocenters. The minimum Gasteiger partial charge on any atom is -0.309 e. The smallest absolute Gasteiger partial charge is 0.0624 e. The van der Waals surface area contributed by atoms with E-state index in [0.717, 1.165) is 11.4 Å². The summed E-state index contributed by atoms with van der Waals surface area (Å²) in [6, 6.07) is 74.5. The molecule has 0 atom stereocenters. The SMILES string of the molecule is CC(C)(C)c1cccc(-c2c3ccccc3c(-c3cccc(C(C)(C)C)c3)c3cc4c(cc23)c(-c2ccccc2)c(N(c2ccccc2)c2ccccc2)c2ccccc24)c1. The monoisotopic (exact) mass is 785 g/mol. The minimum atomic E-state index is -0.00567. The number of nitrogens with zero attached hydrogens (tertiary/aromatic N) is 1. The third-order valence-corrected chi connectivity index (χ3v) is 12.5. The first-order valence-electron chi connectivity index (χ1n) is 21.6. The van der Waals surface area contributed by atoms with E-state index in [-0.39, 0.29) is 10.8 Å². The highest BCUT2D eigenvalue weighted by atomic mass is 15.1. The van der Waals surface area contributed by atoms with Crippen LogP contribution in [0.5, 0.6) is 0 Å². The molecule has 0 heterocycles. The van der Waals surface area contributed by atoms with Crippen molar-refractivity contribution in [2.45, 2.75) is 52.4 Å². The maximum atomic E-state index is 2.54. The second kappa shape index (κ2) is 14.9. The maximum Gasteiger partial charge on any atom is 0.0624 e. The van der Waals surface area contributed by atoms with E-state index >= 15 is 0 Å². The number of hydrogen-bond acceptors (Lipinski definition) is 1. The lowest BCUT2D eigenvalue weighted by atomic mass is 9.80. The van der Waals surface area contributed by atoms with Crippen molar-refractivity contribution in [3.8, 4) is 33.4 Å². The van der Waals surface area contributed by atoms with Crippen LogP contribution >= 0.6 is 0 Å². The normalized spacial score (nSPS) is 12.1. The second-order valence-electron chi connectivity index (χ2n) is 18.5. The Balaban J connectivity index is 1.45. The summed E-state index contributed by atoms with van der Waals surface area (Å²) in [6.45, 7) is 13.9. The number of anilines is 3. The molecule has 1 nitrogen and oxygen atoms in total. The first-order valence-corrected chi connectivity index (χ1v) is 21.6. The van der Waals surface area contributed by atoms with Crippen LogP contribution in [0.2, 0.25) is 0 Å². The van der Waals surface area contributed by atoms with Crippen molar-refractivity contribution in [1.29, 1.82) is 0 Å². The molecular weight excluding hydrogens is 735 g/mol. The zero-order chi connectivity index (χ0) is 41.9. The van der Waals surface area contributed by atoms with Crippen LogP contribution in [0.25, 0.3) is 76.5 Å². The Labute approximate surface area is 360 Å².